The first-order valence-electron chi connectivity index (χ1n) is 10.2. The van der Waals surface area contributed by atoms with Crippen molar-refractivity contribution in [2.75, 3.05) is 33.8 Å². The third-order valence-corrected chi connectivity index (χ3v) is 5.40. The predicted octanol–water partition coefficient (Wildman–Crippen LogP) is 3.83. The number of nitrogens with one attached hydrogen (secondary N) is 2. The number of hydrogen-bond donors (Lipinski definition) is 2. The highest BCUT2D eigenvalue weighted by Gasteiger charge is 2.23. The van der Waals surface area contributed by atoms with Crippen molar-refractivity contribution in [3.05, 3.63) is 65.0 Å². The number of ether oxygens (including phenoxy) is 1. The molecular formula is C23H29FIN5O. The molecule has 0 aromatic heterocycles. The summed E-state index contributed by atoms with van der Waals surface area (Å²) in [7, 11) is 3.36. The molecule has 31 heavy (non-hydrogen) atoms. The maximum absolute atomic E-state index is 14.1. The highest BCUT2D eigenvalue weighted by molar-refractivity contribution is 14.0. The van der Waals surface area contributed by atoms with Crippen LogP contribution in [0.2, 0.25) is 0 Å². The molecule has 1 heterocycles. The largest absolute Gasteiger partial charge is 0.497 e. The zero-order valence-corrected chi connectivity index (χ0v) is 20.2. The fourth-order valence-corrected chi connectivity index (χ4v) is 3.69. The topological polar surface area (TPSA) is 72.7 Å². The summed E-state index contributed by atoms with van der Waals surface area (Å²) in [6, 6.07) is 14.8. The van der Waals surface area contributed by atoms with E-state index in [0.717, 1.165) is 18.8 Å². The molecule has 0 aliphatic carbocycles. The number of hydrogen-bond acceptors (Lipinski definition) is 4. The number of halogens is 2. The molecular weight excluding hydrogens is 508 g/mol. The van der Waals surface area contributed by atoms with Crippen molar-refractivity contribution in [2.24, 2.45) is 4.99 Å². The second-order valence-electron chi connectivity index (χ2n) is 7.26. The second-order valence-corrected chi connectivity index (χ2v) is 7.26. The van der Waals surface area contributed by atoms with Crippen LogP contribution in [-0.2, 0) is 6.54 Å². The molecule has 8 heteroatoms. The molecule has 2 aromatic rings. The van der Waals surface area contributed by atoms with Gasteiger partial charge in [0.2, 0.25) is 0 Å². The molecule has 1 aliphatic heterocycles. The lowest BCUT2D eigenvalue weighted by Crippen LogP contribution is -2.42. The van der Waals surface area contributed by atoms with Crippen molar-refractivity contribution >= 4 is 29.9 Å². The molecule has 1 unspecified atom stereocenters. The summed E-state index contributed by atoms with van der Waals surface area (Å²) in [5, 5.41) is 15.4. The third kappa shape index (κ3) is 6.80. The molecule has 1 aliphatic rings. The zero-order chi connectivity index (χ0) is 21.3. The standard InChI is InChI=1S/C23H28FN5O.HI/c1-26-23(27-15-19-6-5-17(14-25)13-21(19)24)28-16-22(29-11-3-4-12-29)18-7-9-20(30-2)10-8-18;/h5-10,13,22H,3-4,11-12,15-16H2,1-2H3,(H2,26,27,28);1H. The average molecular weight is 537 g/mol. The quantitative estimate of drug-likeness (QED) is 0.319. The van der Waals surface area contributed by atoms with E-state index < -0.39 is 5.82 Å². The highest BCUT2D eigenvalue weighted by Crippen LogP contribution is 2.26. The number of rotatable bonds is 7. The van der Waals surface area contributed by atoms with Crippen LogP contribution in [0.25, 0.3) is 0 Å². The van der Waals surface area contributed by atoms with E-state index in [4.69, 9.17) is 10.00 Å². The summed E-state index contributed by atoms with van der Waals surface area (Å²) in [6.45, 7) is 3.11. The molecule has 2 N–H and O–H groups in total. The lowest BCUT2D eigenvalue weighted by molar-refractivity contribution is 0.245. The van der Waals surface area contributed by atoms with Gasteiger partial charge in [-0.25, -0.2) is 4.39 Å². The van der Waals surface area contributed by atoms with Crippen LogP contribution in [0, 0.1) is 17.1 Å². The molecule has 2 aromatic carbocycles. The summed E-state index contributed by atoms with van der Waals surface area (Å²) in [4.78, 5) is 6.74. The van der Waals surface area contributed by atoms with E-state index in [1.54, 1.807) is 26.3 Å². The van der Waals surface area contributed by atoms with Crippen LogP contribution in [0.1, 0.15) is 35.6 Å². The Balaban J connectivity index is 0.00000341. The number of nitrogens with zero attached hydrogens (tertiary/aromatic N) is 3. The van der Waals surface area contributed by atoms with Gasteiger partial charge in [0, 0.05) is 25.7 Å². The zero-order valence-electron chi connectivity index (χ0n) is 17.9. The van der Waals surface area contributed by atoms with E-state index in [2.05, 4.69) is 32.7 Å². The maximum Gasteiger partial charge on any atom is 0.191 e. The molecule has 1 fully saturated rings. The summed E-state index contributed by atoms with van der Waals surface area (Å²) in [6.07, 6.45) is 2.41. The van der Waals surface area contributed by atoms with E-state index in [-0.39, 0.29) is 36.6 Å². The first-order valence-corrected chi connectivity index (χ1v) is 10.2. The summed E-state index contributed by atoms with van der Waals surface area (Å²) >= 11 is 0. The molecule has 0 amide bonds. The van der Waals surface area contributed by atoms with Gasteiger partial charge in [0.1, 0.15) is 11.6 Å². The molecule has 1 saturated heterocycles. The first-order chi connectivity index (χ1) is 14.6. The van der Waals surface area contributed by atoms with Gasteiger partial charge in [0.05, 0.1) is 24.8 Å². The van der Waals surface area contributed by atoms with Crippen LogP contribution >= 0.6 is 24.0 Å². The minimum atomic E-state index is -0.398. The minimum Gasteiger partial charge on any atom is -0.497 e. The van der Waals surface area contributed by atoms with Gasteiger partial charge in [0.25, 0.3) is 0 Å². The number of aliphatic imine (C=N–C) groups is 1. The van der Waals surface area contributed by atoms with Crippen molar-refractivity contribution in [1.82, 2.24) is 15.5 Å². The SMILES string of the molecule is CN=C(NCc1ccc(C#N)cc1F)NCC(c1ccc(OC)cc1)N1CCCC1.I. The Morgan fingerprint density at radius 1 is 1.19 bits per heavy atom. The number of nitriles is 1. The molecule has 0 saturated carbocycles. The van der Waals surface area contributed by atoms with Gasteiger partial charge >= 0.3 is 0 Å². The van der Waals surface area contributed by atoms with Crippen molar-refractivity contribution in [2.45, 2.75) is 25.4 Å². The van der Waals surface area contributed by atoms with E-state index in [1.807, 2.05) is 18.2 Å². The molecule has 1 atom stereocenters. The second kappa shape index (κ2) is 12.5. The molecule has 0 spiro atoms. The summed E-state index contributed by atoms with van der Waals surface area (Å²) in [5.41, 5.74) is 2.02. The smallest absolute Gasteiger partial charge is 0.191 e. The predicted molar refractivity (Wildman–Crippen MR) is 131 cm³/mol. The van der Waals surface area contributed by atoms with Crippen LogP contribution in [0.15, 0.2) is 47.5 Å². The van der Waals surface area contributed by atoms with E-state index in [9.17, 15) is 4.39 Å². The van der Waals surface area contributed by atoms with Crippen molar-refractivity contribution < 1.29 is 9.13 Å². The Labute approximate surface area is 200 Å². The van der Waals surface area contributed by atoms with E-state index in [1.165, 1.54) is 24.5 Å². The van der Waals surface area contributed by atoms with Crippen molar-refractivity contribution in [3.8, 4) is 11.8 Å². The van der Waals surface area contributed by atoms with Crippen LogP contribution in [-0.4, -0.2) is 44.7 Å². The highest BCUT2D eigenvalue weighted by atomic mass is 127. The number of methoxy groups -OCH3 is 1. The van der Waals surface area contributed by atoms with Crippen molar-refractivity contribution in [3.63, 3.8) is 0 Å². The normalized spacial score (nSPS) is 15.0. The van der Waals surface area contributed by atoms with Gasteiger partial charge in [-0.05, 0) is 55.8 Å². The Bertz CT molecular complexity index is 907. The van der Waals surface area contributed by atoms with E-state index >= 15 is 0 Å². The Kier molecular flexibility index (Phi) is 10.0. The molecule has 3 rings (SSSR count). The number of likely N-dealkylation sites (tertiary alicyclic amines) is 1. The van der Waals surface area contributed by atoms with Gasteiger partial charge in [-0.3, -0.25) is 9.89 Å². The summed E-state index contributed by atoms with van der Waals surface area (Å²) in [5.74, 6) is 1.05. The maximum atomic E-state index is 14.1. The number of benzene rings is 2. The van der Waals surface area contributed by atoms with E-state index in [0.29, 0.717) is 23.6 Å². The lowest BCUT2D eigenvalue weighted by atomic mass is 10.1. The fraction of sp³-hybridized carbons (Fsp3) is 0.391. The molecule has 0 bridgehead atoms. The molecule has 166 valence electrons. The van der Waals surface area contributed by atoms with Gasteiger partial charge in [-0.1, -0.05) is 18.2 Å². The van der Waals surface area contributed by atoms with Gasteiger partial charge < -0.3 is 15.4 Å². The van der Waals surface area contributed by atoms with Crippen molar-refractivity contribution in [1.29, 1.82) is 5.26 Å². The van der Waals surface area contributed by atoms with Crippen LogP contribution in [0.4, 0.5) is 4.39 Å². The minimum absolute atomic E-state index is 0. The molecule has 0 radical (unpaired) electrons. The third-order valence-electron chi connectivity index (χ3n) is 5.40. The Morgan fingerprint density at radius 2 is 1.90 bits per heavy atom. The monoisotopic (exact) mass is 537 g/mol. The Hall–Kier alpha value is -2.38. The van der Waals surface area contributed by atoms with Crippen LogP contribution in [0.5, 0.6) is 5.75 Å². The van der Waals surface area contributed by atoms with Gasteiger partial charge in [0.15, 0.2) is 5.96 Å². The van der Waals surface area contributed by atoms with Crippen LogP contribution in [0.3, 0.4) is 0 Å². The Morgan fingerprint density at radius 3 is 2.48 bits per heavy atom. The average Bonchev–Trinajstić information content (AvgIpc) is 3.31. The molecule has 6 nitrogen and oxygen atoms in total. The van der Waals surface area contributed by atoms with Gasteiger partial charge in [-0.2, -0.15) is 5.26 Å². The lowest BCUT2D eigenvalue weighted by Gasteiger charge is -2.29. The fourth-order valence-electron chi connectivity index (χ4n) is 3.69. The van der Waals surface area contributed by atoms with Gasteiger partial charge in [-0.15, -0.1) is 24.0 Å². The van der Waals surface area contributed by atoms with Crippen LogP contribution < -0.4 is 15.4 Å². The first kappa shape index (κ1) is 24.9. The summed E-state index contributed by atoms with van der Waals surface area (Å²) < 4.78 is 19.4. The number of guanidine groups is 1.